The maximum Gasteiger partial charge on any atom is 0.261 e. The number of hydrogen-bond donors (Lipinski definition) is 2. The van der Waals surface area contributed by atoms with Crippen molar-refractivity contribution >= 4 is 40.4 Å². The molecule has 4 aromatic rings. The molecule has 0 aliphatic carbocycles. The van der Waals surface area contributed by atoms with Crippen molar-refractivity contribution in [3.05, 3.63) is 97.9 Å². The summed E-state index contributed by atoms with van der Waals surface area (Å²) in [5.41, 5.74) is 8.61. The second-order valence-corrected chi connectivity index (χ2v) is 9.69. The minimum atomic E-state index is -0.945. The van der Waals surface area contributed by atoms with Gasteiger partial charge in [0.25, 0.3) is 5.91 Å². The number of carbonyl (C=O) groups is 1. The number of aromatic nitrogens is 2. The first kappa shape index (κ1) is 24.3. The predicted molar refractivity (Wildman–Crippen MR) is 131 cm³/mol. The van der Waals surface area contributed by atoms with Crippen LogP contribution in [0.4, 0.5) is 8.78 Å². The van der Waals surface area contributed by atoms with Gasteiger partial charge in [-0.05, 0) is 35.7 Å². The second kappa shape index (κ2) is 10.7. The monoisotopic (exact) mass is 520 g/mol. The van der Waals surface area contributed by atoms with E-state index < -0.39 is 17.7 Å². The number of benzene rings is 2. The zero-order valence-electron chi connectivity index (χ0n) is 17.8. The molecule has 2 heterocycles. The summed E-state index contributed by atoms with van der Waals surface area (Å²) in [4.78, 5) is 13.2. The van der Waals surface area contributed by atoms with Crippen LogP contribution in [0.5, 0.6) is 0 Å². The fourth-order valence-corrected chi connectivity index (χ4v) is 4.95. The van der Waals surface area contributed by atoms with Crippen LogP contribution in [0.25, 0.3) is 11.1 Å². The Kier molecular flexibility index (Phi) is 7.63. The van der Waals surface area contributed by atoms with Gasteiger partial charge in [0.05, 0.1) is 11.4 Å². The third-order valence-corrected chi connectivity index (χ3v) is 6.83. The molecule has 5 nitrogen and oxygen atoms in total. The molecule has 176 valence electrons. The highest BCUT2D eigenvalue weighted by molar-refractivity contribution is 7.18. The van der Waals surface area contributed by atoms with Crippen molar-refractivity contribution in [3.63, 3.8) is 0 Å². The minimum Gasteiger partial charge on any atom is -0.347 e. The summed E-state index contributed by atoms with van der Waals surface area (Å²) >= 11 is 13.9. The first-order valence-electron chi connectivity index (χ1n) is 10.4. The van der Waals surface area contributed by atoms with E-state index in [1.807, 2.05) is 30.3 Å². The van der Waals surface area contributed by atoms with Crippen molar-refractivity contribution in [2.45, 2.75) is 19.0 Å². The molecule has 0 saturated heterocycles. The van der Waals surface area contributed by atoms with E-state index in [4.69, 9.17) is 28.9 Å². The maximum absolute atomic E-state index is 13.5. The molecule has 4 rings (SSSR count). The number of nitrogens with two attached hydrogens (primary N) is 1. The summed E-state index contributed by atoms with van der Waals surface area (Å²) in [6.07, 6.45) is 2.04. The highest BCUT2D eigenvalue weighted by Gasteiger charge is 2.21. The lowest BCUT2D eigenvalue weighted by Crippen LogP contribution is -2.41. The van der Waals surface area contributed by atoms with E-state index in [9.17, 15) is 13.6 Å². The molecule has 0 spiro atoms. The SMILES string of the molecule is NC[C@H](Cc1ccc(F)c(F)c1)NC(=O)c1cc(-c2cn(Cc3ccccc3)nc2Cl)c(Cl)s1. The summed E-state index contributed by atoms with van der Waals surface area (Å²) in [6, 6.07) is 14.6. The van der Waals surface area contributed by atoms with Crippen LogP contribution in [0, 0.1) is 11.6 Å². The topological polar surface area (TPSA) is 72.9 Å². The summed E-state index contributed by atoms with van der Waals surface area (Å²) in [5.74, 6) is -2.24. The highest BCUT2D eigenvalue weighted by atomic mass is 35.5. The fraction of sp³-hybridized carbons (Fsp3) is 0.167. The number of carbonyl (C=O) groups excluding carboxylic acids is 1. The van der Waals surface area contributed by atoms with E-state index in [0.717, 1.165) is 29.0 Å². The third kappa shape index (κ3) is 5.64. The Balaban J connectivity index is 1.48. The van der Waals surface area contributed by atoms with Gasteiger partial charge in [0, 0.05) is 29.9 Å². The van der Waals surface area contributed by atoms with Crippen LogP contribution < -0.4 is 11.1 Å². The molecule has 0 saturated carbocycles. The van der Waals surface area contributed by atoms with Gasteiger partial charge in [-0.1, -0.05) is 59.6 Å². The second-order valence-electron chi connectivity index (χ2n) is 7.67. The molecule has 34 heavy (non-hydrogen) atoms. The van der Waals surface area contributed by atoms with Gasteiger partial charge >= 0.3 is 0 Å². The van der Waals surface area contributed by atoms with Crippen LogP contribution >= 0.6 is 34.5 Å². The molecule has 2 aromatic carbocycles. The number of halogens is 4. The lowest BCUT2D eigenvalue weighted by Gasteiger charge is -2.16. The molecule has 0 radical (unpaired) electrons. The lowest BCUT2D eigenvalue weighted by molar-refractivity contribution is 0.0942. The molecule has 0 aliphatic rings. The molecule has 1 amide bonds. The number of nitrogens with one attached hydrogen (secondary N) is 1. The number of thiophene rings is 1. The first-order valence-corrected chi connectivity index (χ1v) is 11.9. The van der Waals surface area contributed by atoms with Crippen LogP contribution in [0.1, 0.15) is 20.8 Å². The van der Waals surface area contributed by atoms with E-state index in [2.05, 4.69) is 10.4 Å². The van der Waals surface area contributed by atoms with Crippen molar-refractivity contribution in [2.24, 2.45) is 5.73 Å². The minimum absolute atomic E-state index is 0.120. The Bertz CT molecular complexity index is 1310. The average molecular weight is 521 g/mol. The summed E-state index contributed by atoms with van der Waals surface area (Å²) in [6.45, 7) is 0.659. The van der Waals surface area contributed by atoms with Gasteiger partial charge < -0.3 is 11.1 Å². The summed E-state index contributed by atoms with van der Waals surface area (Å²) < 4.78 is 28.8. The van der Waals surface area contributed by atoms with Crippen LogP contribution in [0.3, 0.4) is 0 Å². The molecule has 0 aliphatic heterocycles. The quantitative estimate of drug-likeness (QED) is 0.320. The van der Waals surface area contributed by atoms with Gasteiger partial charge in [0.15, 0.2) is 16.8 Å². The maximum atomic E-state index is 13.5. The Morgan fingerprint density at radius 1 is 1.06 bits per heavy atom. The standard InChI is InChI=1S/C24H20Cl2F2N4OS/c25-22-18(13-32(31-22)12-14-4-2-1-3-5-14)17-10-21(34-23(17)26)24(33)30-16(11-29)8-15-6-7-19(27)20(28)9-15/h1-7,9-10,13,16H,8,11-12,29H2,(H,30,33)/t16-/m0/s1. The number of hydrogen-bond acceptors (Lipinski definition) is 4. The number of nitrogens with zero attached hydrogens (tertiary/aromatic N) is 2. The van der Waals surface area contributed by atoms with Crippen molar-refractivity contribution in [1.29, 1.82) is 0 Å². The first-order chi connectivity index (χ1) is 16.3. The Labute approximate surface area is 209 Å². The zero-order valence-corrected chi connectivity index (χ0v) is 20.1. The van der Waals surface area contributed by atoms with Crippen LogP contribution in [-0.4, -0.2) is 28.3 Å². The fourth-order valence-electron chi connectivity index (χ4n) is 3.50. The van der Waals surface area contributed by atoms with Gasteiger partial charge in [-0.3, -0.25) is 9.48 Å². The van der Waals surface area contributed by atoms with Gasteiger partial charge in [0.1, 0.15) is 4.34 Å². The van der Waals surface area contributed by atoms with Gasteiger partial charge in [-0.2, -0.15) is 5.10 Å². The predicted octanol–water partition coefficient (Wildman–Crippen LogP) is 5.54. The van der Waals surface area contributed by atoms with Gasteiger partial charge in [-0.25, -0.2) is 8.78 Å². The van der Waals surface area contributed by atoms with Crippen LogP contribution in [0.2, 0.25) is 9.49 Å². The smallest absolute Gasteiger partial charge is 0.261 e. The Hall–Kier alpha value is -2.78. The number of amides is 1. The lowest BCUT2D eigenvalue weighted by atomic mass is 10.1. The molecule has 0 unspecified atom stereocenters. The molecule has 2 aromatic heterocycles. The molecular weight excluding hydrogens is 501 g/mol. The van der Waals surface area contributed by atoms with E-state index in [-0.39, 0.29) is 24.0 Å². The van der Waals surface area contributed by atoms with Gasteiger partial charge in [0.2, 0.25) is 0 Å². The molecule has 0 bridgehead atoms. The molecule has 10 heteroatoms. The van der Waals surface area contributed by atoms with E-state index in [1.165, 1.54) is 6.07 Å². The molecule has 0 fully saturated rings. The Morgan fingerprint density at radius 2 is 1.82 bits per heavy atom. The van der Waals surface area contributed by atoms with Gasteiger partial charge in [-0.15, -0.1) is 11.3 Å². The Morgan fingerprint density at radius 3 is 2.53 bits per heavy atom. The van der Waals surface area contributed by atoms with E-state index >= 15 is 0 Å². The van der Waals surface area contributed by atoms with Crippen molar-refractivity contribution in [3.8, 4) is 11.1 Å². The molecule has 3 N–H and O–H groups in total. The highest BCUT2D eigenvalue weighted by Crippen LogP contribution is 2.38. The third-order valence-electron chi connectivity index (χ3n) is 5.19. The normalized spacial score (nSPS) is 12.0. The van der Waals surface area contributed by atoms with Crippen molar-refractivity contribution in [2.75, 3.05) is 6.54 Å². The summed E-state index contributed by atoms with van der Waals surface area (Å²) in [5, 5.41) is 7.46. The van der Waals surface area contributed by atoms with E-state index in [0.29, 0.717) is 32.4 Å². The number of rotatable bonds is 8. The average Bonchev–Trinajstić information content (AvgIpc) is 3.38. The molecular formula is C24H20Cl2F2N4OS. The summed E-state index contributed by atoms with van der Waals surface area (Å²) in [7, 11) is 0. The van der Waals surface area contributed by atoms with Crippen LogP contribution in [0.15, 0.2) is 60.8 Å². The van der Waals surface area contributed by atoms with Crippen molar-refractivity contribution in [1.82, 2.24) is 15.1 Å². The van der Waals surface area contributed by atoms with Crippen LogP contribution in [-0.2, 0) is 13.0 Å². The zero-order chi connectivity index (χ0) is 24.2. The van der Waals surface area contributed by atoms with Crippen molar-refractivity contribution < 1.29 is 13.6 Å². The molecule has 1 atom stereocenters. The van der Waals surface area contributed by atoms with E-state index in [1.54, 1.807) is 16.9 Å². The largest absolute Gasteiger partial charge is 0.347 e.